The maximum Gasteiger partial charge on any atom is 0.490 e. The molecule has 2 aromatic rings. The number of aliphatic carboxylic acids is 1. The van der Waals surface area contributed by atoms with Gasteiger partial charge in [-0.1, -0.05) is 31.7 Å². The minimum Gasteiger partial charge on any atom is -0.497 e. The number of methoxy groups -OCH3 is 1. The highest BCUT2D eigenvalue weighted by molar-refractivity contribution is 7.92. The van der Waals surface area contributed by atoms with Gasteiger partial charge in [-0.05, 0) is 31.0 Å². The highest BCUT2D eigenvalue weighted by Crippen LogP contribution is 2.26. The van der Waals surface area contributed by atoms with Crippen LogP contribution in [0, 0.1) is 0 Å². The molecule has 0 unspecified atom stereocenters. The van der Waals surface area contributed by atoms with Crippen LogP contribution in [0.3, 0.4) is 0 Å². The van der Waals surface area contributed by atoms with Crippen LogP contribution >= 0.6 is 0 Å². The van der Waals surface area contributed by atoms with E-state index in [1.54, 1.807) is 18.2 Å². The maximum absolute atomic E-state index is 13.4. The number of rotatable bonds is 7. The lowest BCUT2D eigenvalue weighted by Crippen LogP contribution is -2.45. The Balaban J connectivity index is 0.000000587. The van der Waals surface area contributed by atoms with Crippen LogP contribution in [0.25, 0.3) is 0 Å². The fourth-order valence-corrected chi connectivity index (χ4v) is 5.55. The van der Waals surface area contributed by atoms with Crippen molar-refractivity contribution in [1.29, 1.82) is 0 Å². The van der Waals surface area contributed by atoms with Gasteiger partial charge in [0.15, 0.2) is 0 Å². The summed E-state index contributed by atoms with van der Waals surface area (Å²) < 4.78 is 65.4. The number of carboxylic acids is 1. The van der Waals surface area contributed by atoms with E-state index in [1.807, 2.05) is 0 Å². The molecule has 1 aliphatic carbocycles. The molecular weight excluding hydrogens is 567 g/mol. The number of anilines is 2. The first-order chi connectivity index (χ1) is 19.4. The average molecular weight is 602 g/mol. The second kappa shape index (κ2) is 14.3. The quantitative estimate of drug-likeness (QED) is 0.350. The zero-order chi connectivity index (χ0) is 30.0. The Hall–Kier alpha value is -3.59. The summed E-state index contributed by atoms with van der Waals surface area (Å²) in [5, 5.41) is 13.6. The number of benzene rings is 1. The number of alkyl halides is 3. The fourth-order valence-electron chi connectivity index (χ4n) is 4.48. The molecule has 41 heavy (non-hydrogen) atoms. The van der Waals surface area contributed by atoms with Gasteiger partial charge < -0.3 is 25.4 Å². The summed E-state index contributed by atoms with van der Waals surface area (Å²) in [6.07, 6.45) is 2.91. The average Bonchev–Trinajstić information content (AvgIpc) is 3.22. The monoisotopic (exact) mass is 601 g/mol. The summed E-state index contributed by atoms with van der Waals surface area (Å²) in [7, 11) is -2.40. The van der Waals surface area contributed by atoms with Gasteiger partial charge in [-0.3, -0.25) is 9.52 Å². The highest BCUT2D eigenvalue weighted by atomic mass is 32.2. The van der Waals surface area contributed by atoms with Crippen molar-refractivity contribution in [3.63, 3.8) is 0 Å². The van der Waals surface area contributed by atoms with E-state index in [0.717, 1.165) is 51.9 Å². The van der Waals surface area contributed by atoms with Crippen LogP contribution < -0.4 is 25.0 Å². The Kier molecular flexibility index (Phi) is 11.2. The smallest absolute Gasteiger partial charge is 0.490 e. The Labute approximate surface area is 236 Å². The predicted molar refractivity (Wildman–Crippen MR) is 146 cm³/mol. The van der Waals surface area contributed by atoms with Crippen molar-refractivity contribution in [3.05, 3.63) is 42.1 Å². The maximum atomic E-state index is 13.4. The van der Waals surface area contributed by atoms with E-state index in [2.05, 4.69) is 25.2 Å². The van der Waals surface area contributed by atoms with Crippen molar-refractivity contribution in [1.82, 2.24) is 15.6 Å². The Morgan fingerprint density at radius 1 is 1.10 bits per heavy atom. The molecule has 0 radical (unpaired) electrons. The van der Waals surface area contributed by atoms with Crippen LogP contribution in [0.5, 0.6) is 5.75 Å². The van der Waals surface area contributed by atoms with E-state index in [9.17, 15) is 26.4 Å². The molecule has 4 N–H and O–H groups in total. The van der Waals surface area contributed by atoms with E-state index in [4.69, 9.17) is 14.6 Å². The number of aromatic nitrogens is 1. The normalized spacial score (nSPS) is 16.5. The van der Waals surface area contributed by atoms with Gasteiger partial charge in [-0.2, -0.15) is 13.2 Å². The van der Waals surface area contributed by atoms with E-state index in [0.29, 0.717) is 17.1 Å². The molecule has 1 amide bonds. The number of piperazine rings is 1. The number of ether oxygens (including phenoxy) is 1. The van der Waals surface area contributed by atoms with Gasteiger partial charge in [-0.25, -0.2) is 18.2 Å². The standard InChI is InChI=1S/C24H33N5O4S.C2HF3O2/c1-33-20-9-6-10-21(16-20)34(31,32)28-19-15-22(23(26-17-19)29-13-11-25-12-14-29)24(30)27-18-7-4-2-3-5-8-18;3-2(4,5)1(6)7/h6,9-10,15-18,25,28H,2-5,7-8,11-14H2,1H3,(H,27,30);(H,6,7). The molecule has 2 heterocycles. The third-order valence-corrected chi connectivity index (χ3v) is 7.94. The lowest BCUT2D eigenvalue weighted by Gasteiger charge is -2.30. The first-order valence-corrected chi connectivity index (χ1v) is 14.6. The lowest BCUT2D eigenvalue weighted by atomic mass is 10.1. The summed E-state index contributed by atoms with van der Waals surface area (Å²) in [5.41, 5.74) is 0.629. The van der Waals surface area contributed by atoms with Crippen LogP contribution in [-0.4, -0.2) is 75.9 Å². The number of carbonyl (C=O) groups excluding carboxylic acids is 1. The molecule has 11 nitrogen and oxygen atoms in total. The first-order valence-electron chi connectivity index (χ1n) is 13.1. The number of nitrogens with zero attached hydrogens (tertiary/aromatic N) is 2. The minimum absolute atomic E-state index is 0.0717. The SMILES string of the molecule is COc1cccc(S(=O)(=O)Nc2cnc(N3CCNCC3)c(C(=O)NC3CCCCCC3)c2)c1.O=C(O)C(F)(F)F. The van der Waals surface area contributed by atoms with Crippen molar-refractivity contribution in [2.24, 2.45) is 0 Å². The number of pyridine rings is 1. The number of halogens is 3. The molecule has 0 spiro atoms. The van der Waals surface area contributed by atoms with Crippen LogP contribution in [0.1, 0.15) is 48.9 Å². The topological polar surface area (TPSA) is 150 Å². The molecule has 226 valence electrons. The largest absolute Gasteiger partial charge is 0.497 e. The van der Waals surface area contributed by atoms with E-state index in [-0.39, 0.29) is 22.5 Å². The Morgan fingerprint density at radius 2 is 1.73 bits per heavy atom. The lowest BCUT2D eigenvalue weighted by molar-refractivity contribution is -0.192. The van der Waals surface area contributed by atoms with Gasteiger partial charge in [0.1, 0.15) is 11.6 Å². The molecule has 2 fully saturated rings. The van der Waals surface area contributed by atoms with Crippen molar-refractivity contribution in [3.8, 4) is 5.75 Å². The minimum atomic E-state index is -5.08. The van der Waals surface area contributed by atoms with E-state index < -0.39 is 22.2 Å². The van der Waals surface area contributed by atoms with Gasteiger partial charge in [0.2, 0.25) is 0 Å². The number of nitrogens with one attached hydrogen (secondary N) is 3. The van der Waals surface area contributed by atoms with Crippen LogP contribution in [0.2, 0.25) is 0 Å². The second-order valence-electron chi connectivity index (χ2n) is 9.58. The van der Waals surface area contributed by atoms with E-state index >= 15 is 0 Å². The van der Waals surface area contributed by atoms with Gasteiger partial charge in [0, 0.05) is 38.3 Å². The molecule has 2 aliphatic rings. The van der Waals surface area contributed by atoms with Crippen molar-refractivity contribution >= 4 is 33.4 Å². The summed E-state index contributed by atoms with van der Waals surface area (Å²) in [6, 6.07) is 7.96. The molecule has 15 heteroatoms. The molecule has 0 bridgehead atoms. The molecule has 1 saturated carbocycles. The van der Waals surface area contributed by atoms with Crippen LogP contribution in [0.15, 0.2) is 41.4 Å². The van der Waals surface area contributed by atoms with Crippen LogP contribution in [-0.2, 0) is 14.8 Å². The number of sulfonamides is 1. The number of hydrogen-bond donors (Lipinski definition) is 4. The molecule has 1 aliphatic heterocycles. The molecule has 1 aromatic heterocycles. The van der Waals surface area contributed by atoms with Gasteiger partial charge in [-0.15, -0.1) is 0 Å². The number of carbonyl (C=O) groups is 2. The Bertz CT molecular complexity index is 1290. The number of amides is 1. The van der Waals surface area contributed by atoms with Crippen LogP contribution in [0.4, 0.5) is 24.7 Å². The van der Waals surface area contributed by atoms with Crippen molar-refractivity contribution < 1.29 is 41.0 Å². The van der Waals surface area contributed by atoms with Gasteiger partial charge >= 0.3 is 12.1 Å². The second-order valence-corrected chi connectivity index (χ2v) is 11.3. The first kappa shape index (κ1) is 31.9. The zero-order valence-electron chi connectivity index (χ0n) is 22.5. The molecule has 4 rings (SSSR count). The summed E-state index contributed by atoms with van der Waals surface area (Å²) in [6.45, 7) is 3.06. The van der Waals surface area contributed by atoms with Crippen molar-refractivity contribution in [2.45, 2.75) is 55.6 Å². The fraction of sp³-hybridized carbons (Fsp3) is 0.500. The third-order valence-electron chi connectivity index (χ3n) is 6.56. The van der Waals surface area contributed by atoms with Gasteiger partial charge in [0.05, 0.1) is 29.5 Å². The van der Waals surface area contributed by atoms with Crippen molar-refractivity contribution in [2.75, 3.05) is 42.9 Å². The molecule has 1 saturated heterocycles. The van der Waals surface area contributed by atoms with Gasteiger partial charge in [0.25, 0.3) is 15.9 Å². The number of carboxylic acid groups (broad SMARTS) is 1. The highest BCUT2D eigenvalue weighted by Gasteiger charge is 2.38. The molecule has 0 atom stereocenters. The predicted octanol–water partition coefficient (Wildman–Crippen LogP) is 3.39. The number of hydrogen-bond acceptors (Lipinski definition) is 8. The zero-order valence-corrected chi connectivity index (χ0v) is 23.4. The summed E-state index contributed by atoms with van der Waals surface area (Å²) in [4.78, 5) is 28.9. The summed E-state index contributed by atoms with van der Waals surface area (Å²) >= 11 is 0. The third kappa shape index (κ3) is 9.49. The van der Waals surface area contributed by atoms with E-state index in [1.165, 1.54) is 38.3 Å². The molecule has 1 aromatic carbocycles. The Morgan fingerprint density at radius 3 is 2.32 bits per heavy atom. The summed E-state index contributed by atoms with van der Waals surface area (Å²) in [5.74, 6) is -1.95. The molecular formula is C26H34F3N5O6S.